The van der Waals surface area contributed by atoms with E-state index in [1.165, 1.54) is 22.3 Å². The first-order valence-corrected chi connectivity index (χ1v) is 7.62. The Balaban J connectivity index is 1.86. The molecule has 0 aromatic heterocycles. The third kappa shape index (κ3) is 4.25. The van der Waals surface area contributed by atoms with Crippen molar-refractivity contribution >= 4 is 0 Å². The van der Waals surface area contributed by atoms with Crippen LogP contribution in [-0.2, 0) is 13.0 Å². The Kier molecular flexibility index (Phi) is 5.84. The first-order chi connectivity index (χ1) is 10.6. The molecule has 0 aliphatic rings. The van der Waals surface area contributed by atoms with E-state index in [1.54, 1.807) is 14.2 Å². The summed E-state index contributed by atoms with van der Waals surface area (Å²) < 4.78 is 10.6. The van der Waals surface area contributed by atoms with Gasteiger partial charge in [-0.15, -0.1) is 0 Å². The lowest BCUT2D eigenvalue weighted by Gasteiger charge is -2.11. The number of aryl methyl sites for hydroxylation is 2. The molecule has 0 aliphatic carbocycles. The first-order valence-electron chi connectivity index (χ1n) is 7.62. The molecule has 0 amide bonds. The largest absolute Gasteiger partial charge is 0.493 e. The Morgan fingerprint density at radius 1 is 0.909 bits per heavy atom. The zero-order chi connectivity index (χ0) is 15.9. The number of benzene rings is 2. The van der Waals surface area contributed by atoms with E-state index in [0.29, 0.717) is 0 Å². The summed E-state index contributed by atoms with van der Waals surface area (Å²) in [6.07, 6.45) is 0.964. The Bertz CT molecular complexity index is 623. The Hall–Kier alpha value is -2.00. The van der Waals surface area contributed by atoms with Gasteiger partial charge < -0.3 is 14.8 Å². The van der Waals surface area contributed by atoms with Gasteiger partial charge in [0, 0.05) is 6.54 Å². The average Bonchev–Trinajstić information content (AvgIpc) is 2.53. The molecule has 0 fully saturated rings. The van der Waals surface area contributed by atoms with Crippen molar-refractivity contribution in [3.63, 3.8) is 0 Å². The van der Waals surface area contributed by atoms with Gasteiger partial charge in [0.25, 0.3) is 0 Å². The average molecular weight is 299 g/mol. The molecule has 118 valence electrons. The quantitative estimate of drug-likeness (QED) is 0.792. The predicted octanol–water partition coefficient (Wildman–Crippen LogP) is 3.65. The fourth-order valence-corrected chi connectivity index (χ4v) is 2.54. The van der Waals surface area contributed by atoms with Crippen LogP contribution in [0.1, 0.15) is 22.3 Å². The van der Waals surface area contributed by atoms with Crippen molar-refractivity contribution < 1.29 is 9.47 Å². The van der Waals surface area contributed by atoms with Gasteiger partial charge in [-0.25, -0.2) is 0 Å². The third-order valence-corrected chi connectivity index (χ3v) is 3.85. The summed E-state index contributed by atoms with van der Waals surface area (Å²) in [5.74, 6) is 1.56. The molecule has 0 aliphatic heterocycles. The number of nitrogens with one attached hydrogen (secondary N) is 1. The smallest absolute Gasteiger partial charge is 0.160 e. The van der Waals surface area contributed by atoms with E-state index in [4.69, 9.17) is 9.47 Å². The zero-order valence-corrected chi connectivity index (χ0v) is 13.9. The van der Waals surface area contributed by atoms with Crippen molar-refractivity contribution in [3.05, 3.63) is 58.7 Å². The van der Waals surface area contributed by atoms with E-state index >= 15 is 0 Å². The molecule has 0 radical (unpaired) electrons. The molecule has 22 heavy (non-hydrogen) atoms. The van der Waals surface area contributed by atoms with Crippen LogP contribution in [0.5, 0.6) is 11.5 Å². The highest BCUT2D eigenvalue weighted by Crippen LogP contribution is 2.27. The van der Waals surface area contributed by atoms with Crippen LogP contribution < -0.4 is 14.8 Å². The Morgan fingerprint density at radius 3 is 2.36 bits per heavy atom. The van der Waals surface area contributed by atoms with Gasteiger partial charge in [-0.2, -0.15) is 0 Å². The van der Waals surface area contributed by atoms with Crippen LogP contribution >= 0.6 is 0 Å². The Labute approximate surface area is 133 Å². The summed E-state index contributed by atoms with van der Waals surface area (Å²) >= 11 is 0. The molecule has 0 atom stereocenters. The van der Waals surface area contributed by atoms with Crippen LogP contribution in [0.15, 0.2) is 36.4 Å². The van der Waals surface area contributed by atoms with Gasteiger partial charge in [-0.1, -0.05) is 29.8 Å². The van der Waals surface area contributed by atoms with Crippen LogP contribution in [0, 0.1) is 13.8 Å². The summed E-state index contributed by atoms with van der Waals surface area (Å²) in [6, 6.07) is 12.7. The first kappa shape index (κ1) is 16.4. The van der Waals surface area contributed by atoms with Gasteiger partial charge in [0.05, 0.1) is 14.2 Å². The van der Waals surface area contributed by atoms with Gasteiger partial charge >= 0.3 is 0 Å². The molecule has 3 heteroatoms. The van der Waals surface area contributed by atoms with Crippen molar-refractivity contribution in [2.45, 2.75) is 26.8 Å². The van der Waals surface area contributed by atoms with E-state index in [-0.39, 0.29) is 0 Å². The molecule has 2 rings (SSSR count). The van der Waals surface area contributed by atoms with E-state index in [2.05, 4.69) is 43.4 Å². The van der Waals surface area contributed by atoms with Crippen LogP contribution in [0.3, 0.4) is 0 Å². The minimum atomic E-state index is 0.773. The lowest BCUT2D eigenvalue weighted by atomic mass is 10.1. The second-order valence-electron chi connectivity index (χ2n) is 5.55. The molecule has 0 heterocycles. The molecule has 2 aromatic carbocycles. The predicted molar refractivity (Wildman–Crippen MR) is 90.9 cm³/mol. The maximum Gasteiger partial charge on any atom is 0.160 e. The molecule has 2 aromatic rings. The molecule has 0 bridgehead atoms. The monoisotopic (exact) mass is 299 g/mol. The number of hydrogen-bond acceptors (Lipinski definition) is 3. The van der Waals surface area contributed by atoms with Gasteiger partial charge in [0.1, 0.15) is 0 Å². The van der Waals surface area contributed by atoms with Gasteiger partial charge in [-0.05, 0) is 55.6 Å². The normalized spacial score (nSPS) is 10.5. The van der Waals surface area contributed by atoms with Crippen LogP contribution in [-0.4, -0.2) is 20.8 Å². The Morgan fingerprint density at radius 2 is 1.68 bits per heavy atom. The minimum Gasteiger partial charge on any atom is -0.493 e. The van der Waals surface area contributed by atoms with Crippen LogP contribution in [0.4, 0.5) is 0 Å². The summed E-state index contributed by atoms with van der Waals surface area (Å²) in [6.45, 7) is 6.13. The highest BCUT2D eigenvalue weighted by molar-refractivity contribution is 5.43. The molecule has 3 nitrogen and oxygen atoms in total. The van der Waals surface area contributed by atoms with E-state index in [1.807, 2.05) is 12.1 Å². The molecule has 1 N–H and O–H groups in total. The number of hydrogen-bond donors (Lipinski definition) is 1. The lowest BCUT2D eigenvalue weighted by molar-refractivity contribution is 0.354. The molecular weight excluding hydrogens is 274 g/mol. The van der Waals surface area contributed by atoms with E-state index < -0.39 is 0 Å². The second-order valence-corrected chi connectivity index (χ2v) is 5.55. The van der Waals surface area contributed by atoms with Crippen LogP contribution in [0.25, 0.3) is 0 Å². The SMILES string of the molecule is COc1ccc(CCNCc2ccc(C)cc2C)cc1OC. The highest BCUT2D eigenvalue weighted by atomic mass is 16.5. The zero-order valence-electron chi connectivity index (χ0n) is 13.9. The molecule has 0 saturated carbocycles. The van der Waals surface area contributed by atoms with Gasteiger partial charge in [-0.3, -0.25) is 0 Å². The third-order valence-electron chi connectivity index (χ3n) is 3.85. The number of rotatable bonds is 7. The summed E-state index contributed by atoms with van der Waals surface area (Å²) in [5.41, 5.74) is 5.26. The fourth-order valence-electron chi connectivity index (χ4n) is 2.54. The minimum absolute atomic E-state index is 0.773. The van der Waals surface area contributed by atoms with Crippen LogP contribution in [0.2, 0.25) is 0 Å². The molecule has 0 spiro atoms. The van der Waals surface area contributed by atoms with Crippen molar-refractivity contribution in [2.24, 2.45) is 0 Å². The van der Waals surface area contributed by atoms with Crippen molar-refractivity contribution in [1.82, 2.24) is 5.32 Å². The van der Waals surface area contributed by atoms with Gasteiger partial charge in [0.2, 0.25) is 0 Å². The second kappa shape index (κ2) is 7.85. The highest BCUT2D eigenvalue weighted by Gasteiger charge is 2.04. The number of methoxy groups -OCH3 is 2. The molecule has 0 saturated heterocycles. The number of ether oxygens (including phenoxy) is 2. The maximum atomic E-state index is 5.33. The van der Waals surface area contributed by atoms with Gasteiger partial charge in [0.15, 0.2) is 11.5 Å². The summed E-state index contributed by atoms with van der Waals surface area (Å²) in [7, 11) is 3.32. The molecular formula is C19H25NO2. The summed E-state index contributed by atoms with van der Waals surface area (Å²) in [4.78, 5) is 0. The topological polar surface area (TPSA) is 30.5 Å². The molecule has 0 unspecified atom stereocenters. The standard InChI is InChI=1S/C19H25NO2/c1-14-5-7-17(15(2)11-14)13-20-10-9-16-6-8-18(21-3)19(12-16)22-4/h5-8,11-12,20H,9-10,13H2,1-4H3. The van der Waals surface area contributed by atoms with E-state index in [9.17, 15) is 0 Å². The van der Waals surface area contributed by atoms with Crippen molar-refractivity contribution in [1.29, 1.82) is 0 Å². The van der Waals surface area contributed by atoms with Crippen molar-refractivity contribution in [2.75, 3.05) is 20.8 Å². The lowest BCUT2D eigenvalue weighted by Crippen LogP contribution is -2.17. The fraction of sp³-hybridized carbons (Fsp3) is 0.368. The maximum absolute atomic E-state index is 5.33. The van der Waals surface area contributed by atoms with Crippen molar-refractivity contribution in [3.8, 4) is 11.5 Å². The summed E-state index contributed by atoms with van der Waals surface area (Å²) in [5, 5.41) is 3.50. The van der Waals surface area contributed by atoms with E-state index in [0.717, 1.165) is 31.0 Å².